The second kappa shape index (κ2) is 7.28. The Kier molecular flexibility index (Phi) is 5.41. The van der Waals surface area contributed by atoms with Crippen LogP contribution in [0.25, 0.3) is 0 Å². The first-order chi connectivity index (χ1) is 10.1. The summed E-state index contributed by atoms with van der Waals surface area (Å²) in [4.78, 5) is 10.6. The van der Waals surface area contributed by atoms with Crippen LogP contribution in [0, 0.1) is 15.9 Å². The molecule has 6 heteroatoms. The zero-order valence-corrected chi connectivity index (χ0v) is 12.8. The van der Waals surface area contributed by atoms with Crippen LogP contribution in [0.2, 0.25) is 0 Å². The number of benzene rings is 2. The third-order valence-corrected chi connectivity index (χ3v) is 3.56. The highest BCUT2D eigenvalue weighted by molar-refractivity contribution is 9.10. The van der Waals surface area contributed by atoms with E-state index < -0.39 is 0 Å². The number of rotatable bonds is 6. The van der Waals surface area contributed by atoms with Crippen LogP contribution in [0.5, 0.6) is 0 Å². The van der Waals surface area contributed by atoms with E-state index >= 15 is 0 Å². The van der Waals surface area contributed by atoms with Gasteiger partial charge in [0.2, 0.25) is 0 Å². The molecule has 0 unspecified atom stereocenters. The highest BCUT2D eigenvalue weighted by Crippen LogP contribution is 2.23. The average molecular weight is 353 g/mol. The molecule has 0 aliphatic rings. The van der Waals surface area contributed by atoms with Crippen molar-refractivity contribution >= 4 is 21.6 Å². The van der Waals surface area contributed by atoms with Crippen LogP contribution in [0.1, 0.15) is 11.1 Å². The smallest absolute Gasteiger partial charge is 0.275 e. The van der Waals surface area contributed by atoms with Crippen LogP contribution in [-0.2, 0) is 13.0 Å². The molecule has 0 radical (unpaired) electrons. The number of hydrogen-bond donors (Lipinski definition) is 1. The maximum Gasteiger partial charge on any atom is 0.275 e. The zero-order valence-electron chi connectivity index (χ0n) is 11.2. The minimum atomic E-state index is -0.387. The van der Waals surface area contributed by atoms with Crippen LogP contribution in [0.3, 0.4) is 0 Å². The van der Waals surface area contributed by atoms with Crippen molar-refractivity contribution in [3.8, 4) is 0 Å². The first kappa shape index (κ1) is 15.6. The van der Waals surface area contributed by atoms with E-state index in [1.807, 2.05) is 0 Å². The molecule has 2 aromatic rings. The third-order valence-electron chi connectivity index (χ3n) is 3.06. The fourth-order valence-electron chi connectivity index (χ4n) is 1.96. The zero-order chi connectivity index (χ0) is 15.2. The van der Waals surface area contributed by atoms with Gasteiger partial charge in [-0.1, -0.05) is 28.1 Å². The molecule has 0 aliphatic heterocycles. The quantitative estimate of drug-likeness (QED) is 0.488. The average Bonchev–Trinajstić information content (AvgIpc) is 2.46. The van der Waals surface area contributed by atoms with Gasteiger partial charge >= 0.3 is 0 Å². The monoisotopic (exact) mass is 352 g/mol. The Morgan fingerprint density at radius 1 is 1.19 bits per heavy atom. The fraction of sp³-hybridized carbons (Fsp3) is 0.200. The largest absolute Gasteiger partial charge is 0.312 e. The Morgan fingerprint density at radius 3 is 2.57 bits per heavy atom. The summed E-state index contributed by atoms with van der Waals surface area (Å²) >= 11 is 3.23. The van der Waals surface area contributed by atoms with Crippen molar-refractivity contribution in [3.05, 3.63) is 74.0 Å². The SMILES string of the molecule is O=[N+]([O-])c1cc(Br)ccc1CNCCc1ccc(F)cc1. The van der Waals surface area contributed by atoms with Gasteiger partial charge in [-0.25, -0.2) is 4.39 Å². The van der Waals surface area contributed by atoms with E-state index in [1.165, 1.54) is 18.2 Å². The molecule has 0 atom stereocenters. The summed E-state index contributed by atoms with van der Waals surface area (Å²) in [7, 11) is 0. The van der Waals surface area contributed by atoms with Crippen molar-refractivity contribution in [2.24, 2.45) is 0 Å². The van der Waals surface area contributed by atoms with Gasteiger partial charge in [0.05, 0.1) is 4.92 Å². The lowest BCUT2D eigenvalue weighted by atomic mass is 10.1. The molecule has 0 spiro atoms. The Bertz CT molecular complexity index is 632. The van der Waals surface area contributed by atoms with E-state index in [0.29, 0.717) is 23.1 Å². The summed E-state index contributed by atoms with van der Waals surface area (Å²) in [5.74, 6) is -0.253. The molecular formula is C15H14BrFN2O2. The van der Waals surface area contributed by atoms with E-state index in [0.717, 1.165) is 12.0 Å². The minimum Gasteiger partial charge on any atom is -0.312 e. The lowest BCUT2D eigenvalue weighted by Crippen LogP contribution is -2.17. The van der Waals surface area contributed by atoms with Crippen LogP contribution in [-0.4, -0.2) is 11.5 Å². The molecule has 2 aromatic carbocycles. The molecule has 0 bridgehead atoms. The normalized spacial score (nSPS) is 10.6. The van der Waals surface area contributed by atoms with Gasteiger partial charge < -0.3 is 5.32 Å². The molecular weight excluding hydrogens is 339 g/mol. The van der Waals surface area contributed by atoms with Crippen molar-refractivity contribution in [1.29, 1.82) is 0 Å². The molecule has 2 rings (SSSR count). The predicted octanol–water partition coefficient (Wildman–Crippen LogP) is 3.83. The highest BCUT2D eigenvalue weighted by Gasteiger charge is 2.13. The number of nitrogens with zero attached hydrogens (tertiary/aromatic N) is 1. The number of nitro groups is 1. The first-order valence-electron chi connectivity index (χ1n) is 6.44. The van der Waals surface area contributed by atoms with Crippen LogP contribution in [0.4, 0.5) is 10.1 Å². The molecule has 110 valence electrons. The van der Waals surface area contributed by atoms with Gasteiger partial charge in [0.25, 0.3) is 5.69 Å². The summed E-state index contributed by atoms with van der Waals surface area (Å²) in [6.45, 7) is 1.09. The molecule has 0 amide bonds. The molecule has 4 nitrogen and oxygen atoms in total. The molecule has 0 saturated carbocycles. The molecule has 21 heavy (non-hydrogen) atoms. The van der Waals surface area contributed by atoms with E-state index in [2.05, 4.69) is 21.2 Å². The molecule has 0 fully saturated rings. The summed E-state index contributed by atoms with van der Waals surface area (Å²) in [5, 5.41) is 14.1. The van der Waals surface area contributed by atoms with Gasteiger partial charge in [-0.2, -0.15) is 0 Å². The molecule has 0 aliphatic carbocycles. The lowest BCUT2D eigenvalue weighted by Gasteiger charge is -2.06. The van der Waals surface area contributed by atoms with Gasteiger partial charge in [-0.15, -0.1) is 0 Å². The standard InChI is InChI=1S/C15H14BrFN2O2/c16-13-4-3-12(15(9-13)19(20)21)10-18-8-7-11-1-5-14(17)6-2-11/h1-6,9,18H,7-8,10H2. The maximum atomic E-state index is 12.8. The summed E-state index contributed by atoms with van der Waals surface area (Å²) in [6.07, 6.45) is 0.741. The van der Waals surface area contributed by atoms with Gasteiger partial charge in [0, 0.05) is 22.6 Å². The van der Waals surface area contributed by atoms with Gasteiger partial charge in [-0.05, 0) is 42.8 Å². The fourth-order valence-corrected chi connectivity index (χ4v) is 2.31. The van der Waals surface area contributed by atoms with E-state index in [4.69, 9.17) is 0 Å². The third kappa shape index (κ3) is 4.61. The number of hydrogen-bond acceptors (Lipinski definition) is 3. The first-order valence-corrected chi connectivity index (χ1v) is 7.23. The Hall–Kier alpha value is -1.79. The lowest BCUT2D eigenvalue weighted by molar-refractivity contribution is -0.385. The van der Waals surface area contributed by atoms with E-state index in [9.17, 15) is 14.5 Å². The Morgan fingerprint density at radius 2 is 1.90 bits per heavy atom. The summed E-state index contributed by atoms with van der Waals surface area (Å²) in [5.41, 5.74) is 1.76. The Balaban J connectivity index is 1.89. The van der Waals surface area contributed by atoms with Crippen molar-refractivity contribution in [2.45, 2.75) is 13.0 Å². The van der Waals surface area contributed by atoms with E-state index in [-0.39, 0.29) is 16.4 Å². The van der Waals surface area contributed by atoms with Crippen LogP contribution >= 0.6 is 15.9 Å². The highest BCUT2D eigenvalue weighted by atomic mass is 79.9. The number of halogens is 2. The number of nitrogens with one attached hydrogen (secondary N) is 1. The van der Waals surface area contributed by atoms with Crippen molar-refractivity contribution < 1.29 is 9.31 Å². The molecule has 1 N–H and O–H groups in total. The summed E-state index contributed by atoms with van der Waals surface area (Å²) in [6, 6.07) is 11.3. The number of nitro benzene ring substituents is 1. The second-order valence-corrected chi connectivity index (χ2v) is 5.50. The van der Waals surface area contributed by atoms with Gasteiger partial charge in [0.1, 0.15) is 5.82 Å². The van der Waals surface area contributed by atoms with Crippen molar-refractivity contribution in [3.63, 3.8) is 0 Å². The molecule has 0 saturated heterocycles. The summed E-state index contributed by atoms with van der Waals surface area (Å²) < 4.78 is 13.5. The van der Waals surface area contributed by atoms with Gasteiger partial charge in [0.15, 0.2) is 0 Å². The minimum absolute atomic E-state index is 0.0960. The molecule has 0 heterocycles. The van der Waals surface area contributed by atoms with Crippen LogP contribution in [0.15, 0.2) is 46.9 Å². The Labute approximate surface area is 130 Å². The molecule has 0 aromatic heterocycles. The predicted molar refractivity (Wildman–Crippen MR) is 82.6 cm³/mol. The van der Waals surface area contributed by atoms with Crippen molar-refractivity contribution in [2.75, 3.05) is 6.54 Å². The maximum absolute atomic E-state index is 12.8. The second-order valence-electron chi connectivity index (χ2n) is 4.58. The van der Waals surface area contributed by atoms with Gasteiger partial charge in [-0.3, -0.25) is 10.1 Å². The van der Waals surface area contributed by atoms with Crippen LogP contribution < -0.4 is 5.32 Å². The topological polar surface area (TPSA) is 55.2 Å². The van der Waals surface area contributed by atoms with Crippen molar-refractivity contribution in [1.82, 2.24) is 5.32 Å². The van der Waals surface area contributed by atoms with E-state index in [1.54, 1.807) is 24.3 Å².